The molecule has 14 heavy (non-hydrogen) atoms. The molecule has 0 amide bonds. The number of methoxy groups -OCH3 is 1. The third-order valence-electron chi connectivity index (χ3n) is 2.32. The van der Waals surface area contributed by atoms with Gasteiger partial charge in [-0.05, 0) is 42.5 Å². The zero-order valence-electron chi connectivity index (χ0n) is 9.23. The van der Waals surface area contributed by atoms with Gasteiger partial charge in [-0.15, -0.1) is 0 Å². The zero-order valence-corrected chi connectivity index (χ0v) is 10.8. The molecule has 1 aromatic carbocycles. The van der Waals surface area contributed by atoms with Crippen LogP contribution >= 0.6 is 15.9 Å². The Morgan fingerprint density at radius 2 is 2.00 bits per heavy atom. The molecular formula is C12H17BrO. The number of hydrogen-bond acceptors (Lipinski definition) is 1. The fraction of sp³-hybridized carbons (Fsp3) is 0.500. The lowest BCUT2D eigenvalue weighted by Crippen LogP contribution is -2.00. The summed E-state index contributed by atoms with van der Waals surface area (Å²) in [5.74, 6) is 1.64. The first-order valence-electron chi connectivity index (χ1n) is 4.88. The second-order valence-corrected chi connectivity index (χ2v) is 4.81. The number of benzene rings is 1. The molecule has 2 heteroatoms. The summed E-state index contributed by atoms with van der Waals surface area (Å²) in [5, 5.41) is 0. The molecule has 0 aromatic heterocycles. The first-order valence-corrected chi connectivity index (χ1v) is 5.67. The molecule has 1 aromatic rings. The van der Waals surface area contributed by atoms with Crippen molar-refractivity contribution < 1.29 is 4.74 Å². The summed E-state index contributed by atoms with van der Waals surface area (Å²) in [5.41, 5.74) is 2.61. The van der Waals surface area contributed by atoms with Crippen molar-refractivity contribution in [3.05, 3.63) is 27.7 Å². The molecule has 0 saturated heterocycles. The van der Waals surface area contributed by atoms with Crippen molar-refractivity contribution in [2.45, 2.75) is 27.2 Å². The molecular weight excluding hydrogens is 240 g/mol. The molecule has 0 N–H and O–H groups in total. The number of hydrogen-bond donors (Lipinski definition) is 0. The molecule has 0 aliphatic rings. The fourth-order valence-corrected chi connectivity index (χ4v) is 2.17. The Bertz CT molecular complexity index is 318. The summed E-state index contributed by atoms with van der Waals surface area (Å²) in [6.07, 6.45) is 1.09. The van der Waals surface area contributed by atoms with Crippen molar-refractivity contribution in [1.82, 2.24) is 0 Å². The number of halogens is 1. The minimum atomic E-state index is 0.664. The fourth-order valence-electron chi connectivity index (χ4n) is 1.58. The summed E-state index contributed by atoms with van der Waals surface area (Å²) < 4.78 is 6.49. The molecule has 0 aliphatic heterocycles. The molecule has 78 valence electrons. The highest BCUT2D eigenvalue weighted by Crippen LogP contribution is 2.29. The maximum Gasteiger partial charge on any atom is 0.122 e. The zero-order chi connectivity index (χ0) is 10.7. The van der Waals surface area contributed by atoms with E-state index in [0.29, 0.717) is 5.92 Å². The Morgan fingerprint density at radius 3 is 2.50 bits per heavy atom. The Balaban J connectivity index is 3.11. The van der Waals surface area contributed by atoms with Gasteiger partial charge in [-0.3, -0.25) is 0 Å². The molecule has 0 fully saturated rings. The van der Waals surface area contributed by atoms with Crippen LogP contribution in [0, 0.1) is 12.8 Å². The van der Waals surface area contributed by atoms with E-state index in [-0.39, 0.29) is 0 Å². The third kappa shape index (κ3) is 2.50. The van der Waals surface area contributed by atoms with Crippen LogP contribution in [0.5, 0.6) is 5.75 Å². The van der Waals surface area contributed by atoms with Gasteiger partial charge in [-0.2, -0.15) is 0 Å². The van der Waals surface area contributed by atoms with E-state index >= 15 is 0 Å². The van der Waals surface area contributed by atoms with Crippen LogP contribution in [0.3, 0.4) is 0 Å². The molecule has 0 saturated carbocycles. The van der Waals surface area contributed by atoms with Crippen molar-refractivity contribution in [3.8, 4) is 5.75 Å². The molecule has 0 atom stereocenters. The Morgan fingerprint density at radius 1 is 1.36 bits per heavy atom. The van der Waals surface area contributed by atoms with Crippen LogP contribution in [0.4, 0.5) is 0 Å². The van der Waals surface area contributed by atoms with Gasteiger partial charge in [0.1, 0.15) is 5.75 Å². The molecule has 0 spiro atoms. The maximum absolute atomic E-state index is 5.30. The van der Waals surface area contributed by atoms with Gasteiger partial charge >= 0.3 is 0 Å². The maximum atomic E-state index is 5.30. The summed E-state index contributed by atoms with van der Waals surface area (Å²) in [6.45, 7) is 6.57. The van der Waals surface area contributed by atoms with Gasteiger partial charge in [-0.25, -0.2) is 0 Å². The Labute approximate surface area is 94.6 Å². The normalized spacial score (nSPS) is 10.7. The van der Waals surface area contributed by atoms with Gasteiger partial charge in [0.15, 0.2) is 0 Å². The highest BCUT2D eigenvalue weighted by molar-refractivity contribution is 9.10. The van der Waals surface area contributed by atoms with Crippen molar-refractivity contribution in [2.75, 3.05) is 7.11 Å². The lowest BCUT2D eigenvalue weighted by Gasteiger charge is -2.14. The van der Waals surface area contributed by atoms with E-state index in [1.807, 2.05) is 6.07 Å². The van der Waals surface area contributed by atoms with Crippen LogP contribution in [0.15, 0.2) is 16.6 Å². The van der Waals surface area contributed by atoms with Crippen LogP contribution in [-0.2, 0) is 6.42 Å². The first kappa shape index (κ1) is 11.6. The van der Waals surface area contributed by atoms with Crippen LogP contribution in [0.1, 0.15) is 25.0 Å². The topological polar surface area (TPSA) is 9.23 Å². The van der Waals surface area contributed by atoms with E-state index < -0.39 is 0 Å². The Kier molecular flexibility index (Phi) is 3.99. The monoisotopic (exact) mass is 256 g/mol. The summed E-state index contributed by atoms with van der Waals surface area (Å²) in [4.78, 5) is 0. The van der Waals surface area contributed by atoms with Crippen LogP contribution in [0.2, 0.25) is 0 Å². The van der Waals surface area contributed by atoms with E-state index in [9.17, 15) is 0 Å². The van der Waals surface area contributed by atoms with Gasteiger partial charge in [-0.1, -0.05) is 29.8 Å². The minimum absolute atomic E-state index is 0.664. The van der Waals surface area contributed by atoms with Gasteiger partial charge in [0.25, 0.3) is 0 Å². The molecule has 1 nitrogen and oxygen atoms in total. The highest BCUT2D eigenvalue weighted by Gasteiger charge is 2.09. The second-order valence-electron chi connectivity index (χ2n) is 3.95. The third-order valence-corrected chi connectivity index (χ3v) is 3.07. The average molecular weight is 257 g/mol. The summed E-state index contributed by atoms with van der Waals surface area (Å²) in [6, 6.07) is 4.06. The van der Waals surface area contributed by atoms with E-state index in [2.05, 4.69) is 42.8 Å². The van der Waals surface area contributed by atoms with E-state index in [0.717, 1.165) is 12.2 Å². The summed E-state index contributed by atoms with van der Waals surface area (Å²) in [7, 11) is 1.72. The molecule has 0 heterocycles. The SMILES string of the molecule is COc1ccc(Br)c(CC(C)C)c1C. The van der Waals surface area contributed by atoms with Crippen molar-refractivity contribution in [3.63, 3.8) is 0 Å². The predicted molar refractivity (Wildman–Crippen MR) is 64.0 cm³/mol. The lowest BCUT2D eigenvalue weighted by molar-refractivity contribution is 0.410. The predicted octanol–water partition coefficient (Wildman–Crippen LogP) is 3.96. The molecule has 0 radical (unpaired) electrons. The standard InChI is InChI=1S/C12H17BrO/c1-8(2)7-10-9(3)12(14-4)6-5-11(10)13/h5-6,8H,7H2,1-4H3. The van der Waals surface area contributed by atoms with Crippen molar-refractivity contribution >= 4 is 15.9 Å². The Hall–Kier alpha value is -0.500. The highest BCUT2D eigenvalue weighted by atomic mass is 79.9. The smallest absolute Gasteiger partial charge is 0.122 e. The van der Waals surface area contributed by atoms with E-state index in [1.54, 1.807) is 7.11 Å². The van der Waals surface area contributed by atoms with Crippen LogP contribution in [0.25, 0.3) is 0 Å². The number of ether oxygens (including phenoxy) is 1. The van der Waals surface area contributed by atoms with Crippen LogP contribution < -0.4 is 4.74 Å². The average Bonchev–Trinajstić information content (AvgIpc) is 2.12. The largest absolute Gasteiger partial charge is 0.496 e. The van der Waals surface area contributed by atoms with Crippen molar-refractivity contribution in [2.24, 2.45) is 5.92 Å². The van der Waals surface area contributed by atoms with E-state index in [4.69, 9.17) is 4.74 Å². The lowest BCUT2D eigenvalue weighted by atomic mass is 9.98. The van der Waals surface area contributed by atoms with E-state index in [1.165, 1.54) is 15.6 Å². The first-order chi connectivity index (χ1) is 6.56. The second kappa shape index (κ2) is 4.83. The van der Waals surface area contributed by atoms with Crippen molar-refractivity contribution in [1.29, 1.82) is 0 Å². The van der Waals surface area contributed by atoms with Crippen LogP contribution in [-0.4, -0.2) is 7.11 Å². The minimum Gasteiger partial charge on any atom is -0.496 e. The summed E-state index contributed by atoms with van der Waals surface area (Å²) >= 11 is 3.58. The molecule has 1 rings (SSSR count). The molecule has 0 bridgehead atoms. The van der Waals surface area contributed by atoms with Gasteiger partial charge in [0, 0.05) is 4.47 Å². The molecule has 0 unspecified atom stereocenters. The quantitative estimate of drug-likeness (QED) is 0.796. The van der Waals surface area contributed by atoms with Gasteiger partial charge in [0.05, 0.1) is 7.11 Å². The number of rotatable bonds is 3. The molecule has 0 aliphatic carbocycles. The van der Waals surface area contributed by atoms with Gasteiger partial charge < -0.3 is 4.74 Å². The van der Waals surface area contributed by atoms with Gasteiger partial charge in [0.2, 0.25) is 0 Å².